The number of nitrogens with zero attached hydrogens (tertiary/aromatic N) is 5. The molecule has 2 heterocycles. The van der Waals surface area contributed by atoms with Gasteiger partial charge in [-0.3, -0.25) is 4.90 Å². The number of halogens is 1. The molecule has 7 heteroatoms. The van der Waals surface area contributed by atoms with Crippen LogP contribution in [0.4, 0.5) is 0 Å². The molecule has 0 aliphatic carbocycles. The third-order valence-corrected chi connectivity index (χ3v) is 4.62. The SMILES string of the molecule is CCCCn1nnnc1CN1CCO[C@H](c2ccc(Br)cc2)C1. The third-order valence-electron chi connectivity index (χ3n) is 4.09. The molecule has 0 radical (unpaired) electrons. The Morgan fingerprint density at radius 1 is 1.30 bits per heavy atom. The van der Waals surface area contributed by atoms with Gasteiger partial charge in [-0.2, -0.15) is 0 Å². The highest BCUT2D eigenvalue weighted by Gasteiger charge is 2.23. The summed E-state index contributed by atoms with van der Waals surface area (Å²) in [6.45, 7) is 6.34. The van der Waals surface area contributed by atoms with Crippen LogP contribution in [0, 0.1) is 0 Å². The van der Waals surface area contributed by atoms with E-state index in [9.17, 15) is 0 Å². The van der Waals surface area contributed by atoms with Gasteiger partial charge in [-0.05, 0) is 34.5 Å². The van der Waals surface area contributed by atoms with E-state index in [1.165, 1.54) is 5.56 Å². The Morgan fingerprint density at radius 2 is 2.13 bits per heavy atom. The molecule has 1 aromatic heterocycles. The molecule has 1 atom stereocenters. The summed E-state index contributed by atoms with van der Waals surface area (Å²) in [5.74, 6) is 0.940. The van der Waals surface area contributed by atoms with Gasteiger partial charge in [0.15, 0.2) is 5.82 Å². The van der Waals surface area contributed by atoms with Crippen molar-refractivity contribution in [3.63, 3.8) is 0 Å². The summed E-state index contributed by atoms with van der Waals surface area (Å²) in [4.78, 5) is 2.37. The molecule has 3 rings (SSSR count). The van der Waals surface area contributed by atoms with Crippen LogP contribution in [-0.2, 0) is 17.8 Å². The van der Waals surface area contributed by atoms with Crippen LogP contribution in [0.15, 0.2) is 28.7 Å². The quantitative estimate of drug-likeness (QED) is 0.772. The smallest absolute Gasteiger partial charge is 0.165 e. The van der Waals surface area contributed by atoms with Crippen molar-refractivity contribution in [2.45, 2.75) is 39.0 Å². The minimum atomic E-state index is 0.108. The van der Waals surface area contributed by atoms with Crippen LogP contribution in [0.3, 0.4) is 0 Å². The van der Waals surface area contributed by atoms with Gasteiger partial charge >= 0.3 is 0 Å². The standard InChI is InChI=1S/C16H22BrN5O/c1-2-3-8-22-16(18-19-20-22)12-21-9-10-23-15(11-21)13-4-6-14(17)7-5-13/h4-7,15H,2-3,8-12H2,1H3/t15-/m0/s1. The van der Waals surface area contributed by atoms with Crippen molar-refractivity contribution >= 4 is 15.9 Å². The van der Waals surface area contributed by atoms with E-state index in [4.69, 9.17) is 4.74 Å². The fourth-order valence-electron chi connectivity index (χ4n) is 2.74. The van der Waals surface area contributed by atoms with Gasteiger partial charge in [-0.1, -0.05) is 41.4 Å². The van der Waals surface area contributed by atoms with Gasteiger partial charge in [0, 0.05) is 24.1 Å². The summed E-state index contributed by atoms with van der Waals surface area (Å²) < 4.78 is 8.94. The lowest BCUT2D eigenvalue weighted by atomic mass is 10.1. The van der Waals surface area contributed by atoms with E-state index in [1.807, 2.05) is 4.68 Å². The molecule has 0 spiro atoms. The Morgan fingerprint density at radius 3 is 2.91 bits per heavy atom. The molecule has 0 saturated carbocycles. The number of ether oxygens (including phenoxy) is 1. The van der Waals surface area contributed by atoms with Gasteiger partial charge in [0.2, 0.25) is 0 Å². The lowest BCUT2D eigenvalue weighted by Crippen LogP contribution is -2.38. The van der Waals surface area contributed by atoms with E-state index in [-0.39, 0.29) is 6.10 Å². The van der Waals surface area contributed by atoms with Crippen molar-refractivity contribution in [3.05, 3.63) is 40.1 Å². The number of hydrogen-bond acceptors (Lipinski definition) is 5. The number of morpholine rings is 1. The Balaban J connectivity index is 1.62. The van der Waals surface area contributed by atoms with Crippen molar-refractivity contribution in [1.29, 1.82) is 0 Å². The molecule has 0 N–H and O–H groups in total. The lowest BCUT2D eigenvalue weighted by molar-refractivity contribution is -0.0340. The second-order valence-electron chi connectivity index (χ2n) is 5.82. The van der Waals surface area contributed by atoms with Crippen LogP contribution in [0.5, 0.6) is 0 Å². The predicted octanol–water partition coefficient (Wildman–Crippen LogP) is 2.81. The minimum Gasteiger partial charge on any atom is -0.371 e. The Hall–Kier alpha value is -1.31. The summed E-state index contributed by atoms with van der Waals surface area (Å²) in [5, 5.41) is 12.1. The topological polar surface area (TPSA) is 56.1 Å². The molecule has 1 saturated heterocycles. The second-order valence-corrected chi connectivity index (χ2v) is 6.73. The van der Waals surface area contributed by atoms with E-state index in [1.54, 1.807) is 0 Å². The largest absolute Gasteiger partial charge is 0.371 e. The predicted molar refractivity (Wildman–Crippen MR) is 90.8 cm³/mol. The van der Waals surface area contributed by atoms with Crippen LogP contribution in [0.1, 0.15) is 37.3 Å². The molecule has 1 aromatic carbocycles. The fraction of sp³-hybridized carbons (Fsp3) is 0.562. The van der Waals surface area contributed by atoms with Crippen molar-refractivity contribution in [2.24, 2.45) is 0 Å². The third kappa shape index (κ3) is 4.37. The van der Waals surface area contributed by atoms with Crippen LogP contribution in [0.2, 0.25) is 0 Å². The maximum Gasteiger partial charge on any atom is 0.165 e. The molecule has 0 bridgehead atoms. The first-order valence-electron chi connectivity index (χ1n) is 8.10. The van der Waals surface area contributed by atoms with Crippen LogP contribution < -0.4 is 0 Å². The monoisotopic (exact) mass is 379 g/mol. The fourth-order valence-corrected chi connectivity index (χ4v) is 3.01. The van der Waals surface area contributed by atoms with Crippen LogP contribution >= 0.6 is 15.9 Å². The van der Waals surface area contributed by atoms with Crippen LogP contribution in [0.25, 0.3) is 0 Å². The average Bonchev–Trinajstić information content (AvgIpc) is 3.01. The summed E-state index contributed by atoms with van der Waals surface area (Å²) in [6, 6.07) is 8.35. The number of tetrazole rings is 1. The number of aromatic nitrogens is 4. The molecule has 1 aliphatic heterocycles. The number of aryl methyl sites for hydroxylation is 1. The first-order chi connectivity index (χ1) is 11.3. The highest BCUT2D eigenvalue weighted by molar-refractivity contribution is 9.10. The summed E-state index contributed by atoms with van der Waals surface area (Å²) >= 11 is 3.47. The molecule has 1 fully saturated rings. The Bertz CT molecular complexity index is 615. The molecular formula is C16H22BrN5O. The van der Waals surface area contributed by atoms with Crippen molar-refractivity contribution < 1.29 is 4.74 Å². The summed E-state index contributed by atoms with van der Waals surface area (Å²) in [5.41, 5.74) is 1.21. The second kappa shape index (κ2) is 7.99. The molecule has 124 valence electrons. The first-order valence-corrected chi connectivity index (χ1v) is 8.90. The van der Waals surface area contributed by atoms with Gasteiger partial charge in [0.25, 0.3) is 0 Å². The lowest BCUT2D eigenvalue weighted by Gasteiger charge is -2.32. The number of benzene rings is 1. The average molecular weight is 380 g/mol. The van der Waals surface area contributed by atoms with Gasteiger partial charge in [-0.15, -0.1) is 5.10 Å². The zero-order valence-electron chi connectivity index (χ0n) is 13.4. The van der Waals surface area contributed by atoms with Gasteiger partial charge < -0.3 is 4.74 Å². The molecule has 2 aromatic rings. The summed E-state index contributed by atoms with van der Waals surface area (Å²) in [6.07, 6.45) is 2.35. The number of unbranched alkanes of at least 4 members (excludes halogenated alkanes) is 1. The maximum atomic E-state index is 5.93. The minimum absolute atomic E-state index is 0.108. The molecule has 1 aliphatic rings. The molecule has 0 unspecified atom stereocenters. The molecule has 6 nitrogen and oxygen atoms in total. The van der Waals surface area contributed by atoms with E-state index in [0.29, 0.717) is 0 Å². The van der Waals surface area contributed by atoms with Gasteiger partial charge in [-0.25, -0.2) is 4.68 Å². The van der Waals surface area contributed by atoms with Gasteiger partial charge in [0.05, 0.1) is 19.3 Å². The van der Waals surface area contributed by atoms with E-state index < -0.39 is 0 Å². The first kappa shape index (κ1) is 16.5. The maximum absolute atomic E-state index is 5.93. The molecular weight excluding hydrogens is 358 g/mol. The zero-order valence-corrected chi connectivity index (χ0v) is 14.9. The number of rotatable bonds is 6. The van der Waals surface area contributed by atoms with Crippen molar-refractivity contribution in [1.82, 2.24) is 25.1 Å². The van der Waals surface area contributed by atoms with Crippen molar-refractivity contribution in [3.8, 4) is 0 Å². The van der Waals surface area contributed by atoms with E-state index in [0.717, 1.165) is 55.9 Å². The Labute approximate surface area is 144 Å². The summed E-state index contributed by atoms with van der Waals surface area (Å²) in [7, 11) is 0. The normalized spacial score (nSPS) is 19.1. The van der Waals surface area contributed by atoms with Crippen molar-refractivity contribution in [2.75, 3.05) is 19.7 Å². The Kier molecular flexibility index (Phi) is 5.75. The highest BCUT2D eigenvalue weighted by Crippen LogP contribution is 2.24. The van der Waals surface area contributed by atoms with E-state index >= 15 is 0 Å². The molecule has 0 amide bonds. The zero-order chi connectivity index (χ0) is 16.1. The van der Waals surface area contributed by atoms with Gasteiger partial charge in [0.1, 0.15) is 0 Å². The number of hydrogen-bond donors (Lipinski definition) is 0. The highest BCUT2D eigenvalue weighted by atomic mass is 79.9. The van der Waals surface area contributed by atoms with Crippen LogP contribution in [-0.4, -0.2) is 44.8 Å². The molecule has 23 heavy (non-hydrogen) atoms. The van der Waals surface area contributed by atoms with E-state index in [2.05, 4.69) is 67.5 Å².